The Morgan fingerprint density at radius 1 is 0.944 bits per heavy atom. The van der Waals surface area contributed by atoms with Gasteiger partial charge < -0.3 is 10.4 Å². The summed E-state index contributed by atoms with van der Waals surface area (Å²) in [7, 11) is -4.42. The average Bonchev–Trinajstić information content (AvgIpc) is 3.31. The lowest BCUT2D eigenvalue weighted by Crippen LogP contribution is -2.47. The van der Waals surface area contributed by atoms with Crippen molar-refractivity contribution >= 4 is 33.6 Å². The second-order valence-corrected chi connectivity index (χ2v) is 10.9. The fourth-order valence-electron chi connectivity index (χ4n) is 5.24. The number of hydrogen-bond acceptors (Lipinski definition) is 5. The van der Waals surface area contributed by atoms with Gasteiger partial charge in [0, 0.05) is 17.8 Å². The summed E-state index contributed by atoms with van der Waals surface area (Å²) in [6.07, 6.45) is 4.81. The largest absolute Gasteiger partial charge is 0.465 e. The van der Waals surface area contributed by atoms with Crippen LogP contribution in [0.15, 0.2) is 53.4 Å². The Morgan fingerprint density at radius 2 is 1.61 bits per heavy atom. The minimum atomic E-state index is -4.42. The molecule has 3 amide bonds. The fraction of sp³-hybridized carbons (Fsp3) is 0.400. The molecule has 1 aliphatic carbocycles. The highest BCUT2D eigenvalue weighted by Gasteiger charge is 2.45. The van der Waals surface area contributed by atoms with Gasteiger partial charge in [-0.3, -0.25) is 14.5 Å². The molecule has 2 aliphatic rings. The molecule has 11 heteroatoms. The minimum absolute atomic E-state index is 0.0129. The van der Waals surface area contributed by atoms with Gasteiger partial charge in [0.25, 0.3) is 15.9 Å². The summed E-state index contributed by atoms with van der Waals surface area (Å²) in [5.74, 6) is -2.10. The van der Waals surface area contributed by atoms with Crippen molar-refractivity contribution in [1.82, 2.24) is 9.62 Å². The van der Waals surface area contributed by atoms with Crippen molar-refractivity contribution in [3.05, 3.63) is 59.9 Å². The van der Waals surface area contributed by atoms with Gasteiger partial charge in [0.15, 0.2) is 0 Å². The maximum atomic E-state index is 13.9. The fourth-order valence-corrected chi connectivity index (χ4v) is 6.30. The van der Waals surface area contributed by atoms with Crippen molar-refractivity contribution < 1.29 is 32.3 Å². The molecule has 1 saturated carbocycles. The first-order valence-electron chi connectivity index (χ1n) is 11.9. The van der Waals surface area contributed by atoms with Gasteiger partial charge in [0.1, 0.15) is 16.8 Å². The van der Waals surface area contributed by atoms with Gasteiger partial charge >= 0.3 is 6.09 Å². The van der Waals surface area contributed by atoms with Gasteiger partial charge in [-0.2, -0.15) is 0 Å². The standard InChI is InChI=1S/C25H28FN3O6S/c26-20-8-4-5-9-21(20)36(34,35)28-23(30)17-10-12-18(13-11-17)27-24(31)22-19(14-15-29(22)25(32)33)16-6-2-1-3-7-16/h4-5,8-13,16,19,22H,1-3,6-7,14-15H2,(H,27,31)(H,28,30)(H,32,33)/t19-,22-/m0/s1. The van der Waals surface area contributed by atoms with Crippen LogP contribution in [0.4, 0.5) is 14.9 Å². The number of likely N-dealkylation sites (tertiary alicyclic amines) is 1. The van der Waals surface area contributed by atoms with E-state index in [0.29, 0.717) is 24.6 Å². The molecule has 1 saturated heterocycles. The van der Waals surface area contributed by atoms with Crippen LogP contribution in [0.3, 0.4) is 0 Å². The average molecular weight is 518 g/mol. The number of anilines is 1. The molecular formula is C25H28FN3O6S. The maximum absolute atomic E-state index is 13.9. The SMILES string of the molecule is O=C(NS(=O)(=O)c1ccccc1F)c1ccc(NC(=O)[C@@H]2[C@H](C3CCCCC3)CCN2C(=O)O)cc1. The van der Waals surface area contributed by atoms with Crippen LogP contribution in [0, 0.1) is 17.7 Å². The molecule has 2 fully saturated rings. The number of benzene rings is 2. The number of rotatable bonds is 6. The van der Waals surface area contributed by atoms with Crippen molar-refractivity contribution in [2.45, 2.75) is 49.5 Å². The van der Waals surface area contributed by atoms with Crippen molar-refractivity contribution in [3.8, 4) is 0 Å². The monoisotopic (exact) mass is 517 g/mol. The van der Waals surface area contributed by atoms with E-state index in [9.17, 15) is 32.3 Å². The highest BCUT2D eigenvalue weighted by atomic mass is 32.2. The molecule has 2 aromatic rings. The number of sulfonamides is 1. The summed E-state index contributed by atoms with van der Waals surface area (Å²) < 4.78 is 40.4. The van der Waals surface area contributed by atoms with Gasteiger partial charge in [-0.1, -0.05) is 44.2 Å². The summed E-state index contributed by atoms with van der Waals surface area (Å²) in [6, 6.07) is 9.42. The number of amides is 3. The van der Waals surface area contributed by atoms with Crippen LogP contribution in [-0.4, -0.2) is 48.9 Å². The highest BCUT2D eigenvalue weighted by molar-refractivity contribution is 7.90. The summed E-state index contributed by atoms with van der Waals surface area (Å²) in [5.41, 5.74) is 0.328. The van der Waals surface area contributed by atoms with Gasteiger partial charge in [0.05, 0.1) is 0 Å². The summed E-state index contributed by atoms with van der Waals surface area (Å²) >= 11 is 0. The Bertz CT molecular complexity index is 1240. The predicted molar refractivity (Wildman–Crippen MR) is 129 cm³/mol. The second-order valence-electron chi connectivity index (χ2n) is 9.20. The van der Waals surface area contributed by atoms with Gasteiger partial charge in [-0.05, 0) is 54.7 Å². The van der Waals surface area contributed by atoms with E-state index in [1.54, 1.807) is 0 Å². The van der Waals surface area contributed by atoms with Crippen LogP contribution < -0.4 is 10.0 Å². The molecule has 0 radical (unpaired) electrons. The molecule has 0 aromatic heterocycles. The molecule has 0 spiro atoms. The summed E-state index contributed by atoms with van der Waals surface area (Å²) in [4.78, 5) is 38.0. The maximum Gasteiger partial charge on any atom is 0.407 e. The lowest BCUT2D eigenvalue weighted by atomic mass is 9.76. The Morgan fingerprint density at radius 3 is 2.25 bits per heavy atom. The van der Waals surface area contributed by atoms with E-state index in [0.717, 1.165) is 44.2 Å². The summed E-state index contributed by atoms with van der Waals surface area (Å²) in [6.45, 7) is 0.310. The van der Waals surface area contributed by atoms with Crippen molar-refractivity contribution in [1.29, 1.82) is 0 Å². The van der Waals surface area contributed by atoms with Crippen LogP contribution in [-0.2, 0) is 14.8 Å². The van der Waals surface area contributed by atoms with Crippen molar-refractivity contribution in [2.75, 3.05) is 11.9 Å². The first-order chi connectivity index (χ1) is 17.2. The molecule has 4 rings (SSSR count). The van der Waals surface area contributed by atoms with E-state index in [1.807, 2.05) is 4.72 Å². The van der Waals surface area contributed by atoms with Crippen LogP contribution in [0.25, 0.3) is 0 Å². The number of carbonyl (C=O) groups is 3. The quantitative estimate of drug-likeness (QED) is 0.533. The van der Waals surface area contributed by atoms with E-state index in [-0.39, 0.29) is 11.5 Å². The van der Waals surface area contributed by atoms with Crippen LogP contribution in [0.1, 0.15) is 48.9 Å². The predicted octanol–water partition coefficient (Wildman–Crippen LogP) is 3.83. The van der Waals surface area contributed by atoms with E-state index >= 15 is 0 Å². The first-order valence-corrected chi connectivity index (χ1v) is 13.4. The Kier molecular flexibility index (Phi) is 7.58. The van der Waals surface area contributed by atoms with Gasteiger partial charge in [-0.25, -0.2) is 22.3 Å². The Labute approximate surface area is 208 Å². The zero-order valence-corrected chi connectivity index (χ0v) is 20.3. The molecular weight excluding hydrogens is 489 g/mol. The number of carboxylic acid groups (broad SMARTS) is 1. The molecule has 36 heavy (non-hydrogen) atoms. The van der Waals surface area contributed by atoms with E-state index in [2.05, 4.69) is 5.32 Å². The van der Waals surface area contributed by atoms with E-state index in [4.69, 9.17) is 0 Å². The van der Waals surface area contributed by atoms with Crippen LogP contribution in [0.2, 0.25) is 0 Å². The molecule has 192 valence electrons. The second kappa shape index (κ2) is 10.7. The Hall–Kier alpha value is -3.47. The Balaban J connectivity index is 1.44. The molecule has 3 N–H and O–H groups in total. The van der Waals surface area contributed by atoms with E-state index in [1.165, 1.54) is 41.3 Å². The third kappa shape index (κ3) is 5.51. The van der Waals surface area contributed by atoms with Gasteiger partial charge in [0.2, 0.25) is 5.91 Å². The summed E-state index contributed by atoms with van der Waals surface area (Å²) in [5, 5.41) is 12.4. The number of halogens is 1. The third-order valence-corrected chi connectivity index (χ3v) is 8.35. The highest BCUT2D eigenvalue weighted by Crippen LogP contribution is 2.39. The molecule has 0 unspecified atom stereocenters. The third-order valence-electron chi connectivity index (χ3n) is 6.98. The molecule has 0 bridgehead atoms. The van der Waals surface area contributed by atoms with Gasteiger partial charge in [-0.15, -0.1) is 0 Å². The van der Waals surface area contributed by atoms with E-state index < -0.39 is 44.7 Å². The number of nitrogens with zero attached hydrogens (tertiary/aromatic N) is 1. The first kappa shape index (κ1) is 25.6. The molecule has 2 aromatic carbocycles. The minimum Gasteiger partial charge on any atom is -0.465 e. The number of carbonyl (C=O) groups excluding carboxylic acids is 2. The van der Waals surface area contributed by atoms with Crippen molar-refractivity contribution in [3.63, 3.8) is 0 Å². The lowest BCUT2D eigenvalue weighted by Gasteiger charge is -2.32. The molecule has 1 heterocycles. The van der Waals surface area contributed by atoms with Crippen molar-refractivity contribution in [2.24, 2.45) is 11.8 Å². The zero-order valence-electron chi connectivity index (χ0n) is 19.5. The van der Waals surface area contributed by atoms with Crippen LogP contribution in [0.5, 0.6) is 0 Å². The number of hydrogen-bond donors (Lipinski definition) is 3. The van der Waals surface area contributed by atoms with Crippen LogP contribution >= 0.6 is 0 Å². The zero-order chi connectivity index (χ0) is 25.9. The smallest absolute Gasteiger partial charge is 0.407 e. The molecule has 2 atom stereocenters. The molecule has 9 nitrogen and oxygen atoms in total. The molecule has 1 aliphatic heterocycles. The number of nitrogens with one attached hydrogen (secondary N) is 2. The normalized spacial score (nSPS) is 20.6. The topological polar surface area (TPSA) is 133 Å². The lowest BCUT2D eigenvalue weighted by molar-refractivity contribution is -0.121.